The largest absolute Gasteiger partial charge is 0.310 e. The van der Waals surface area contributed by atoms with Crippen LogP contribution in [0.2, 0.25) is 0 Å². The molecule has 62 heavy (non-hydrogen) atoms. The van der Waals surface area contributed by atoms with Crippen LogP contribution in [0.1, 0.15) is 0 Å². The Labute approximate surface area is 366 Å². The van der Waals surface area contributed by atoms with Crippen LogP contribution in [0.4, 0.5) is 17.1 Å². The molecular formula is C58H36N2S2. The molecule has 0 N–H and O–H groups in total. The molecule has 0 saturated carbocycles. The van der Waals surface area contributed by atoms with Crippen LogP contribution in [-0.2, 0) is 0 Å². The number of nitrogens with zero attached hydrogens (tertiary/aromatic N) is 2. The number of fused-ring (bicyclic) bond motifs is 11. The molecule has 0 radical (unpaired) electrons. The van der Waals surface area contributed by atoms with Crippen LogP contribution < -0.4 is 4.90 Å². The van der Waals surface area contributed by atoms with Gasteiger partial charge in [-0.15, -0.1) is 22.7 Å². The van der Waals surface area contributed by atoms with E-state index in [1.54, 1.807) is 0 Å². The van der Waals surface area contributed by atoms with Gasteiger partial charge in [-0.1, -0.05) is 146 Å². The summed E-state index contributed by atoms with van der Waals surface area (Å²) in [6.45, 7) is 0. The number of benzene rings is 10. The first-order valence-electron chi connectivity index (χ1n) is 21.1. The third-order valence-corrected chi connectivity index (χ3v) is 14.9. The summed E-state index contributed by atoms with van der Waals surface area (Å²) in [6, 6.07) is 80.4. The van der Waals surface area contributed by atoms with Crippen LogP contribution in [0.3, 0.4) is 0 Å². The van der Waals surface area contributed by atoms with Gasteiger partial charge < -0.3 is 9.47 Å². The molecule has 3 aromatic heterocycles. The maximum atomic E-state index is 2.45. The van der Waals surface area contributed by atoms with Gasteiger partial charge in [0.05, 0.1) is 11.0 Å². The van der Waals surface area contributed by atoms with E-state index in [4.69, 9.17) is 0 Å². The normalized spacial score (nSPS) is 11.9. The monoisotopic (exact) mass is 824 g/mol. The van der Waals surface area contributed by atoms with Gasteiger partial charge >= 0.3 is 0 Å². The number of hydrogen-bond acceptors (Lipinski definition) is 3. The SMILES string of the molecule is c1ccc(-n2c3cc(-c4ccc(N(c5ccc(-c6ccc7c(c6)sc6ccccc67)cc5)c5ccc6c(c5)sc5ccccc56)cc4)ccc3c3ccc4ccccc4c32)cc1. The number of thiophene rings is 2. The molecule has 0 aliphatic heterocycles. The Morgan fingerprint density at radius 2 is 0.790 bits per heavy atom. The number of rotatable bonds is 6. The van der Waals surface area contributed by atoms with Crippen LogP contribution >= 0.6 is 22.7 Å². The van der Waals surface area contributed by atoms with E-state index in [1.807, 2.05) is 22.7 Å². The molecule has 0 fully saturated rings. The van der Waals surface area contributed by atoms with Crippen molar-refractivity contribution in [3.63, 3.8) is 0 Å². The van der Waals surface area contributed by atoms with Gasteiger partial charge in [0.15, 0.2) is 0 Å². The Bertz CT molecular complexity index is 3850. The summed E-state index contributed by atoms with van der Waals surface area (Å²) in [6.07, 6.45) is 0. The molecule has 0 aliphatic rings. The summed E-state index contributed by atoms with van der Waals surface area (Å²) in [5.41, 5.74) is 11.8. The molecule has 290 valence electrons. The average Bonchev–Trinajstić information content (AvgIpc) is 4.01. The molecule has 10 aromatic carbocycles. The fourth-order valence-corrected chi connectivity index (χ4v) is 11.9. The van der Waals surface area contributed by atoms with E-state index in [0.29, 0.717) is 0 Å². The van der Waals surface area contributed by atoms with Crippen molar-refractivity contribution in [2.45, 2.75) is 0 Å². The first kappa shape index (κ1) is 35.3. The lowest BCUT2D eigenvalue weighted by atomic mass is 10.0. The average molecular weight is 825 g/mol. The first-order chi connectivity index (χ1) is 30.7. The van der Waals surface area contributed by atoms with Gasteiger partial charge in [0.25, 0.3) is 0 Å². The molecule has 0 spiro atoms. The zero-order valence-corrected chi connectivity index (χ0v) is 35.1. The van der Waals surface area contributed by atoms with Crippen molar-refractivity contribution in [2.75, 3.05) is 4.90 Å². The smallest absolute Gasteiger partial charge is 0.0619 e. The minimum absolute atomic E-state index is 1.11. The van der Waals surface area contributed by atoms with E-state index in [0.717, 1.165) is 22.7 Å². The van der Waals surface area contributed by atoms with Gasteiger partial charge in [-0.2, -0.15) is 0 Å². The van der Waals surface area contributed by atoms with Crippen LogP contribution in [0.25, 0.3) is 101 Å². The molecule has 4 heteroatoms. The first-order valence-corrected chi connectivity index (χ1v) is 22.7. The summed E-state index contributed by atoms with van der Waals surface area (Å²) in [5, 5.41) is 10.3. The van der Waals surface area contributed by atoms with Crippen LogP contribution in [0.5, 0.6) is 0 Å². The maximum absolute atomic E-state index is 2.45. The van der Waals surface area contributed by atoms with Gasteiger partial charge in [0.1, 0.15) is 0 Å². The Balaban J connectivity index is 0.919. The maximum Gasteiger partial charge on any atom is 0.0619 e. The highest BCUT2D eigenvalue weighted by atomic mass is 32.1. The molecule has 3 heterocycles. The second-order valence-corrected chi connectivity index (χ2v) is 18.3. The molecular weight excluding hydrogens is 789 g/mol. The van der Waals surface area contributed by atoms with E-state index >= 15 is 0 Å². The third kappa shape index (κ3) is 5.61. The van der Waals surface area contributed by atoms with E-state index in [-0.39, 0.29) is 0 Å². The lowest BCUT2D eigenvalue weighted by Gasteiger charge is -2.26. The van der Waals surface area contributed by atoms with Crippen molar-refractivity contribution in [3.8, 4) is 27.9 Å². The minimum atomic E-state index is 1.11. The number of hydrogen-bond donors (Lipinski definition) is 0. The van der Waals surface area contributed by atoms with E-state index in [2.05, 4.69) is 228 Å². The summed E-state index contributed by atoms with van der Waals surface area (Å²) < 4.78 is 7.69. The molecule has 13 rings (SSSR count). The molecule has 0 unspecified atom stereocenters. The Morgan fingerprint density at radius 1 is 0.306 bits per heavy atom. The second-order valence-electron chi connectivity index (χ2n) is 16.1. The van der Waals surface area contributed by atoms with Crippen LogP contribution in [0.15, 0.2) is 218 Å². The van der Waals surface area contributed by atoms with Crippen LogP contribution in [-0.4, -0.2) is 4.57 Å². The highest BCUT2D eigenvalue weighted by molar-refractivity contribution is 7.26. The van der Waals surface area contributed by atoms with E-state index in [1.165, 1.54) is 95.2 Å². The lowest BCUT2D eigenvalue weighted by Crippen LogP contribution is -2.09. The van der Waals surface area contributed by atoms with Gasteiger partial charge in [-0.25, -0.2) is 0 Å². The fourth-order valence-electron chi connectivity index (χ4n) is 9.62. The topological polar surface area (TPSA) is 8.17 Å². The molecule has 0 bridgehead atoms. The highest BCUT2D eigenvalue weighted by Crippen LogP contribution is 2.43. The Hall–Kier alpha value is -7.50. The van der Waals surface area contributed by atoms with Crippen molar-refractivity contribution < 1.29 is 0 Å². The molecule has 13 aromatic rings. The van der Waals surface area contributed by atoms with Gasteiger partial charge in [-0.05, 0) is 100 Å². The molecule has 0 saturated heterocycles. The predicted octanol–water partition coefficient (Wildman–Crippen LogP) is 17.5. The number of para-hydroxylation sites is 1. The van der Waals surface area contributed by atoms with E-state index in [9.17, 15) is 0 Å². The summed E-state index contributed by atoms with van der Waals surface area (Å²) in [7, 11) is 0. The second kappa shape index (κ2) is 14.0. The predicted molar refractivity (Wildman–Crippen MR) is 270 cm³/mol. The fraction of sp³-hybridized carbons (Fsp3) is 0. The van der Waals surface area contributed by atoms with Crippen molar-refractivity contribution in [1.82, 2.24) is 4.57 Å². The van der Waals surface area contributed by atoms with Crippen molar-refractivity contribution in [2.24, 2.45) is 0 Å². The lowest BCUT2D eigenvalue weighted by molar-refractivity contribution is 1.19. The van der Waals surface area contributed by atoms with Gasteiger partial charge in [0.2, 0.25) is 0 Å². The van der Waals surface area contributed by atoms with Crippen LogP contribution in [0, 0.1) is 0 Å². The van der Waals surface area contributed by atoms with Crippen molar-refractivity contribution in [1.29, 1.82) is 0 Å². The number of aromatic nitrogens is 1. The molecule has 0 atom stereocenters. The number of anilines is 3. The molecule has 0 amide bonds. The van der Waals surface area contributed by atoms with Gasteiger partial charge in [0, 0.05) is 79.3 Å². The molecule has 2 nitrogen and oxygen atoms in total. The quantitative estimate of drug-likeness (QED) is 0.162. The third-order valence-electron chi connectivity index (χ3n) is 12.6. The van der Waals surface area contributed by atoms with Crippen molar-refractivity contribution in [3.05, 3.63) is 218 Å². The standard InChI is InChI=1S/C58H36N2S2/c1-2-11-42(12-3-1)60-53-34-40(23-30-47(53)52-32-22-39-10-4-5-13-46(39)58(52)60)37-18-25-43(26-19-37)59(45-29-33-51-49-15-7-9-17-55(49)62-57(51)36-45)44-27-20-38(21-28-44)41-24-31-50-48-14-6-8-16-54(48)61-56(50)35-41/h1-36H. The zero-order valence-electron chi connectivity index (χ0n) is 33.5. The summed E-state index contributed by atoms with van der Waals surface area (Å²) in [4.78, 5) is 2.40. The van der Waals surface area contributed by atoms with Gasteiger partial charge in [-0.3, -0.25) is 0 Å². The Kier molecular flexibility index (Phi) is 7.99. The Morgan fingerprint density at radius 3 is 1.47 bits per heavy atom. The zero-order chi connectivity index (χ0) is 40.7. The van der Waals surface area contributed by atoms with Crippen molar-refractivity contribution >= 4 is 113 Å². The molecule has 0 aliphatic carbocycles. The van der Waals surface area contributed by atoms with E-state index < -0.39 is 0 Å². The summed E-state index contributed by atoms with van der Waals surface area (Å²) in [5.74, 6) is 0. The minimum Gasteiger partial charge on any atom is -0.310 e. The summed E-state index contributed by atoms with van der Waals surface area (Å²) >= 11 is 3.73. The highest BCUT2D eigenvalue weighted by Gasteiger charge is 2.18.